The fraction of sp³-hybridized carbons (Fsp3) is 0.0870. The third-order valence-corrected chi connectivity index (χ3v) is 5.19. The number of fused-ring (bicyclic) bond motifs is 1. The van der Waals surface area contributed by atoms with E-state index in [0.717, 1.165) is 27.7 Å². The molecule has 1 N–H and O–H groups in total. The van der Waals surface area contributed by atoms with Crippen molar-refractivity contribution in [3.63, 3.8) is 0 Å². The molecule has 0 aliphatic heterocycles. The van der Waals surface area contributed by atoms with Gasteiger partial charge in [0.05, 0.1) is 17.7 Å². The van der Waals surface area contributed by atoms with E-state index in [1.165, 1.54) is 0 Å². The lowest BCUT2D eigenvalue weighted by atomic mass is 10.1. The summed E-state index contributed by atoms with van der Waals surface area (Å²) in [6.45, 7) is 2.24. The molecule has 0 aliphatic carbocycles. The molecule has 2 aromatic carbocycles. The minimum absolute atomic E-state index is 0.260. The number of carbonyl (C=O) groups is 1. The van der Waals surface area contributed by atoms with Crippen LogP contribution < -0.4 is 5.32 Å². The van der Waals surface area contributed by atoms with E-state index in [4.69, 9.17) is 0 Å². The second-order valence-corrected chi connectivity index (χ2v) is 7.13. The third kappa shape index (κ3) is 3.55. The first-order valence-electron chi connectivity index (χ1n) is 9.81. The summed E-state index contributed by atoms with van der Waals surface area (Å²) in [5.41, 5.74) is 3.85. The molecule has 0 unspecified atom stereocenters. The third-order valence-electron chi connectivity index (χ3n) is 5.19. The summed E-state index contributed by atoms with van der Waals surface area (Å²) in [6, 6.07) is 15.7. The molecule has 5 rings (SSSR count). The lowest BCUT2D eigenvalue weighted by molar-refractivity contribution is 0.0945. The summed E-state index contributed by atoms with van der Waals surface area (Å²) < 4.78 is 3.62. The molecule has 5 aromatic rings. The van der Waals surface area contributed by atoms with Gasteiger partial charge in [0.15, 0.2) is 5.69 Å². The molecule has 0 aliphatic rings. The van der Waals surface area contributed by atoms with Crippen LogP contribution in [0.25, 0.3) is 22.1 Å². The van der Waals surface area contributed by atoms with Crippen molar-refractivity contribution in [1.29, 1.82) is 0 Å². The molecule has 0 radical (unpaired) electrons. The van der Waals surface area contributed by atoms with Crippen LogP contribution in [0.3, 0.4) is 0 Å². The van der Waals surface area contributed by atoms with Crippen molar-refractivity contribution in [2.45, 2.75) is 13.5 Å². The Balaban J connectivity index is 1.33. The molecule has 0 fully saturated rings. The van der Waals surface area contributed by atoms with E-state index >= 15 is 0 Å². The topological polar surface area (TPSA) is 90.5 Å². The summed E-state index contributed by atoms with van der Waals surface area (Å²) in [4.78, 5) is 21.0. The quantitative estimate of drug-likeness (QED) is 0.481. The summed E-state index contributed by atoms with van der Waals surface area (Å²) in [5, 5.41) is 13.3. The standard InChI is InChI=1S/C23H19N7O/c1-16-22(27-28-30(16)21-4-2-3-18-14-24-10-9-20(18)21)23(31)26-13-17-5-7-19(8-6-17)29-12-11-25-15-29/h2-12,14-15H,13H2,1H3,(H,26,31). The first-order chi connectivity index (χ1) is 15.2. The van der Waals surface area contributed by atoms with Crippen molar-refractivity contribution in [1.82, 2.24) is 34.8 Å². The summed E-state index contributed by atoms with van der Waals surface area (Å²) in [7, 11) is 0. The molecular formula is C23H19N7O. The van der Waals surface area contributed by atoms with Gasteiger partial charge in [-0.2, -0.15) is 0 Å². The molecule has 31 heavy (non-hydrogen) atoms. The molecule has 8 nitrogen and oxygen atoms in total. The Hall–Kier alpha value is -4.33. The number of rotatable bonds is 5. The number of aromatic nitrogens is 6. The van der Waals surface area contributed by atoms with Crippen molar-refractivity contribution in [2.24, 2.45) is 0 Å². The normalized spacial score (nSPS) is 11.0. The number of benzene rings is 2. The van der Waals surface area contributed by atoms with Crippen molar-refractivity contribution < 1.29 is 4.79 Å². The molecule has 8 heteroatoms. The van der Waals surface area contributed by atoms with Gasteiger partial charge in [0.25, 0.3) is 5.91 Å². The Morgan fingerprint density at radius 3 is 2.71 bits per heavy atom. The van der Waals surface area contributed by atoms with Crippen LogP contribution in [-0.2, 0) is 6.54 Å². The fourth-order valence-electron chi connectivity index (χ4n) is 3.52. The molecule has 0 atom stereocenters. The number of nitrogens with zero attached hydrogens (tertiary/aromatic N) is 6. The van der Waals surface area contributed by atoms with Gasteiger partial charge in [0, 0.05) is 47.8 Å². The number of hydrogen-bond acceptors (Lipinski definition) is 5. The predicted molar refractivity (Wildman–Crippen MR) is 116 cm³/mol. The average molecular weight is 409 g/mol. The zero-order valence-electron chi connectivity index (χ0n) is 16.8. The van der Waals surface area contributed by atoms with E-state index in [1.54, 1.807) is 29.6 Å². The lowest BCUT2D eigenvalue weighted by Gasteiger charge is -2.08. The van der Waals surface area contributed by atoms with Crippen LogP contribution in [0.5, 0.6) is 0 Å². The van der Waals surface area contributed by atoms with E-state index in [9.17, 15) is 4.79 Å². The average Bonchev–Trinajstić information content (AvgIpc) is 3.48. The minimum atomic E-state index is -0.260. The van der Waals surface area contributed by atoms with Crippen LogP contribution in [0, 0.1) is 6.92 Å². The monoisotopic (exact) mass is 409 g/mol. The smallest absolute Gasteiger partial charge is 0.274 e. The molecule has 152 valence electrons. The van der Waals surface area contributed by atoms with Gasteiger partial charge in [-0.3, -0.25) is 9.78 Å². The number of imidazole rings is 1. The SMILES string of the molecule is Cc1c(C(=O)NCc2ccc(-n3ccnc3)cc2)nnn1-c1cccc2cnccc12. The maximum absolute atomic E-state index is 12.8. The zero-order valence-corrected chi connectivity index (χ0v) is 16.8. The Morgan fingerprint density at radius 1 is 1.03 bits per heavy atom. The number of hydrogen-bond donors (Lipinski definition) is 1. The summed E-state index contributed by atoms with van der Waals surface area (Å²) in [6.07, 6.45) is 8.91. The van der Waals surface area contributed by atoms with E-state index in [0.29, 0.717) is 17.9 Å². The van der Waals surface area contributed by atoms with Gasteiger partial charge in [-0.25, -0.2) is 9.67 Å². The molecule has 0 spiro atoms. The van der Waals surface area contributed by atoms with E-state index in [2.05, 4.69) is 25.6 Å². The van der Waals surface area contributed by atoms with Gasteiger partial charge in [0.2, 0.25) is 0 Å². The largest absolute Gasteiger partial charge is 0.347 e. The Labute approximate surface area is 178 Å². The second kappa shape index (κ2) is 7.83. The van der Waals surface area contributed by atoms with Crippen LogP contribution in [0.4, 0.5) is 0 Å². The van der Waals surface area contributed by atoms with Crippen molar-refractivity contribution >= 4 is 16.7 Å². The molecular weight excluding hydrogens is 390 g/mol. The zero-order chi connectivity index (χ0) is 21.2. The number of carbonyl (C=O) groups excluding carboxylic acids is 1. The highest BCUT2D eigenvalue weighted by molar-refractivity contribution is 5.94. The lowest BCUT2D eigenvalue weighted by Crippen LogP contribution is -2.24. The summed E-state index contributed by atoms with van der Waals surface area (Å²) in [5.74, 6) is -0.260. The van der Waals surface area contributed by atoms with Gasteiger partial charge in [0.1, 0.15) is 0 Å². The minimum Gasteiger partial charge on any atom is -0.347 e. The fourth-order valence-corrected chi connectivity index (χ4v) is 3.52. The van der Waals surface area contributed by atoms with Crippen LogP contribution >= 0.6 is 0 Å². The molecule has 0 saturated carbocycles. The van der Waals surface area contributed by atoms with Crippen LogP contribution in [0.2, 0.25) is 0 Å². The highest BCUT2D eigenvalue weighted by Crippen LogP contribution is 2.22. The van der Waals surface area contributed by atoms with E-state index in [-0.39, 0.29) is 5.91 Å². The van der Waals surface area contributed by atoms with Gasteiger partial charge in [-0.15, -0.1) is 5.10 Å². The molecule has 1 amide bonds. The Bertz CT molecular complexity index is 1350. The molecule has 3 aromatic heterocycles. The van der Waals surface area contributed by atoms with Crippen LogP contribution in [-0.4, -0.2) is 35.4 Å². The first kappa shape index (κ1) is 18.7. The molecule has 3 heterocycles. The van der Waals surface area contributed by atoms with Crippen LogP contribution in [0.15, 0.2) is 79.6 Å². The molecule has 0 bridgehead atoms. The maximum atomic E-state index is 12.8. The highest BCUT2D eigenvalue weighted by atomic mass is 16.2. The first-order valence-corrected chi connectivity index (χ1v) is 9.81. The highest BCUT2D eigenvalue weighted by Gasteiger charge is 2.18. The second-order valence-electron chi connectivity index (χ2n) is 7.13. The van der Waals surface area contributed by atoms with Crippen molar-refractivity contribution in [2.75, 3.05) is 0 Å². The number of pyridine rings is 1. The Kier molecular flexibility index (Phi) is 4.72. The number of amides is 1. The number of nitrogens with one attached hydrogen (secondary N) is 1. The Morgan fingerprint density at radius 2 is 1.90 bits per heavy atom. The van der Waals surface area contributed by atoms with E-state index in [1.807, 2.05) is 66.2 Å². The maximum Gasteiger partial charge on any atom is 0.274 e. The van der Waals surface area contributed by atoms with Gasteiger partial charge in [-0.1, -0.05) is 29.5 Å². The van der Waals surface area contributed by atoms with E-state index < -0.39 is 0 Å². The summed E-state index contributed by atoms with van der Waals surface area (Å²) >= 11 is 0. The van der Waals surface area contributed by atoms with Gasteiger partial charge in [-0.05, 0) is 36.8 Å². The van der Waals surface area contributed by atoms with Gasteiger partial charge >= 0.3 is 0 Å². The van der Waals surface area contributed by atoms with Crippen molar-refractivity contribution in [3.05, 3.63) is 96.6 Å². The molecule has 0 saturated heterocycles. The van der Waals surface area contributed by atoms with Crippen LogP contribution in [0.1, 0.15) is 21.7 Å². The van der Waals surface area contributed by atoms with Gasteiger partial charge < -0.3 is 9.88 Å². The predicted octanol–water partition coefficient (Wildman–Crippen LogP) is 3.24. The van der Waals surface area contributed by atoms with Crippen molar-refractivity contribution in [3.8, 4) is 11.4 Å².